The SMILES string of the molecule is CNS(=O)(=O)c1cccc(C(=O)NCCCOC)c1. The van der Waals surface area contributed by atoms with E-state index in [1.165, 1.54) is 25.2 Å². The lowest BCUT2D eigenvalue weighted by Gasteiger charge is -2.07. The van der Waals surface area contributed by atoms with Crippen LogP contribution in [0.25, 0.3) is 0 Å². The molecule has 1 aromatic rings. The third kappa shape index (κ3) is 4.62. The van der Waals surface area contributed by atoms with Gasteiger partial charge in [-0.1, -0.05) is 6.07 Å². The van der Waals surface area contributed by atoms with E-state index in [0.717, 1.165) is 0 Å². The Balaban J connectivity index is 2.74. The van der Waals surface area contributed by atoms with Crippen LogP contribution in [0.3, 0.4) is 0 Å². The fraction of sp³-hybridized carbons (Fsp3) is 0.417. The van der Waals surface area contributed by atoms with Gasteiger partial charge in [-0.15, -0.1) is 0 Å². The second kappa shape index (κ2) is 7.22. The third-order valence-electron chi connectivity index (χ3n) is 2.49. The summed E-state index contributed by atoms with van der Waals surface area (Å²) < 4.78 is 30.3. The molecular weight excluding hydrogens is 268 g/mol. The molecule has 0 bridgehead atoms. The first kappa shape index (κ1) is 15.6. The zero-order valence-electron chi connectivity index (χ0n) is 11.0. The molecule has 1 rings (SSSR count). The summed E-state index contributed by atoms with van der Waals surface area (Å²) in [6.45, 7) is 1.05. The van der Waals surface area contributed by atoms with E-state index in [0.29, 0.717) is 25.1 Å². The molecule has 0 atom stereocenters. The molecule has 0 aliphatic heterocycles. The average molecular weight is 286 g/mol. The number of ether oxygens (including phenoxy) is 1. The van der Waals surface area contributed by atoms with Gasteiger partial charge in [0.15, 0.2) is 0 Å². The van der Waals surface area contributed by atoms with E-state index in [9.17, 15) is 13.2 Å². The Morgan fingerprint density at radius 3 is 2.74 bits per heavy atom. The number of rotatable bonds is 7. The van der Waals surface area contributed by atoms with E-state index in [2.05, 4.69) is 10.0 Å². The molecule has 0 fully saturated rings. The summed E-state index contributed by atoms with van der Waals surface area (Å²) in [4.78, 5) is 11.9. The van der Waals surface area contributed by atoms with Crippen LogP contribution in [-0.2, 0) is 14.8 Å². The Labute approximate surface area is 113 Å². The molecule has 0 aromatic heterocycles. The van der Waals surface area contributed by atoms with E-state index in [1.54, 1.807) is 13.2 Å². The summed E-state index contributed by atoms with van der Waals surface area (Å²) in [5.74, 6) is -0.302. The van der Waals surface area contributed by atoms with Crippen molar-refractivity contribution in [3.8, 4) is 0 Å². The van der Waals surface area contributed by atoms with Crippen molar-refractivity contribution in [2.45, 2.75) is 11.3 Å². The van der Waals surface area contributed by atoms with Crippen molar-refractivity contribution in [2.75, 3.05) is 27.3 Å². The van der Waals surface area contributed by atoms with Crippen LogP contribution in [0.2, 0.25) is 0 Å². The summed E-state index contributed by atoms with van der Waals surface area (Å²) in [5.41, 5.74) is 0.314. The molecule has 1 aromatic carbocycles. The van der Waals surface area contributed by atoms with Gasteiger partial charge in [-0.2, -0.15) is 0 Å². The van der Waals surface area contributed by atoms with Crippen molar-refractivity contribution in [1.29, 1.82) is 0 Å². The maximum atomic E-state index is 11.8. The first-order valence-corrected chi connectivity index (χ1v) is 7.30. The highest BCUT2D eigenvalue weighted by Crippen LogP contribution is 2.10. The molecule has 0 spiro atoms. The van der Waals surface area contributed by atoms with Gasteiger partial charge in [0.25, 0.3) is 5.91 Å². The maximum absolute atomic E-state index is 11.8. The quantitative estimate of drug-likeness (QED) is 0.709. The van der Waals surface area contributed by atoms with Crippen LogP contribution >= 0.6 is 0 Å². The van der Waals surface area contributed by atoms with Crippen LogP contribution in [0.5, 0.6) is 0 Å². The number of hydrogen-bond donors (Lipinski definition) is 2. The lowest BCUT2D eigenvalue weighted by molar-refractivity contribution is 0.0948. The van der Waals surface area contributed by atoms with Gasteiger partial charge >= 0.3 is 0 Å². The van der Waals surface area contributed by atoms with Gasteiger partial charge in [-0.05, 0) is 31.7 Å². The minimum absolute atomic E-state index is 0.0690. The minimum atomic E-state index is -3.53. The number of methoxy groups -OCH3 is 1. The Kier molecular flexibility index (Phi) is 5.94. The summed E-state index contributed by atoms with van der Waals surface area (Å²) in [6, 6.07) is 5.89. The third-order valence-corrected chi connectivity index (χ3v) is 3.90. The van der Waals surface area contributed by atoms with Crippen LogP contribution in [0, 0.1) is 0 Å². The molecular formula is C12H18N2O4S. The summed E-state index contributed by atoms with van der Waals surface area (Å²) in [6.07, 6.45) is 0.705. The monoisotopic (exact) mass is 286 g/mol. The smallest absolute Gasteiger partial charge is 0.251 e. The Morgan fingerprint density at radius 2 is 2.11 bits per heavy atom. The van der Waals surface area contributed by atoms with Crippen molar-refractivity contribution in [2.24, 2.45) is 0 Å². The predicted molar refractivity (Wildman–Crippen MR) is 71.5 cm³/mol. The number of nitrogens with one attached hydrogen (secondary N) is 2. The number of amides is 1. The lowest BCUT2D eigenvalue weighted by atomic mass is 10.2. The van der Waals surface area contributed by atoms with Crippen molar-refractivity contribution >= 4 is 15.9 Å². The molecule has 6 nitrogen and oxygen atoms in total. The number of carbonyl (C=O) groups is 1. The Morgan fingerprint density at radius 1 is 1.37 bits per heavy atom. The summed E-state index contributed by atoms with van der Waals surface area (Å²) in [5, 5.41) is 2.70. The molecule has 0 saturated heterocycles. The van der Waals surface area contributed by atoms with Crippen LogP contribution in [0.4, 0.5) is 0 Å². The summed E-state index contributed by atoms with van der Waals surface area (Å²) in [7, 11) is -0.616. The van der Waals surface area contributed by atoms with E-state index in [1.807, 2.05) is 0 Å². The Hall–Kier alpha value is -1.44. The molecule has 0 unspecified atom stereocenters. The van der Waals surface area contributed by atoms with Crippen LogP contribution in [0.15, 0.2) is 29.2 Å². The van der Waals surface area contributed by atoms with Crippen molar-refractivity contribution in [1.82, 2.24) is 10.0 Å². The molecule has 106 valence electrons. The first-order valence-electron chi connectivity index (χ1n) is 5.82. The van der Waals surface area contributed by atoms with Gasteiger partial charge in [-0.25, -0.2) is 13.1 Å². The fourth-order valence-corrected chi connectivity index (χ4v) is 2.22. The molecule has 7 heteroatoms. The van der Waals surface area contributed by atoms with E-state index in [4.69, 9.17) is 4.74 Å². The number of benzene rings is 1. The molecule has 1 amide bonds. The zero-order valence-corrected chi connectivity index (χ0v) is 11.8. The predicted octanol–water partition coefficient (Wildman–Crippen LogP) is 0.361. The van der Waals surface area contributed by atoms with Crippen LogP contribution in [-0.4, -0.2) is 41.6 Å². The van der Waals surface area contributed by atoms with Gasteiger partial charge in [0.05, 0.1) is 4.90 Å². The molecule has 0 saturated carbocycles. The molecule has 0 radical (unpaired) electrons. The highest BCUT2D eigenvalue weighted by Gasteiger charge is 2.13. The largest absolute Gasteiger partial charge is 0.385 e. The van der Waals surface area contributed by atoms with Crippen molar-refractivity contribution < 1.29 is 17.9 Å². The number of sulfonamides is 1. The maximum Gasteiger partial charge on any atom is 0.251 e. The van der Waals surface area contributed by atoms with Gasteiger partial charge < -0.3 is 10.1 Å². The molecule has 0 heterocycles. The second-order valence-corrected chi connectivity index (χ2v) is 5.72. The van der Waals surface area contributed by atoms with Gasteiger partial charge in [0, 0.05) is 25.8 Å². The highest BCUT2D eigenvalue weighted by molar-refractivity contribution is 7.89. The van der Waals surface area contributed by atoms with Crippen LogP contribution < -0.4 is 10.0 Å². The highest BCUT2D eigenvalue weighted by atomic mass is 32.2. The van der Waals surface area contributed by atoms with E-state index in [-0.39, 0.29) is 10.8 Å². The van der Waals surface area contributed by atoms with Crippen molar-refractivity contribution in [3.63, 3.8) is 0 Å². The van der Waals surface area contributed by atoms with Gasteiger partial charge in [-0.3, -0.25) is 4.79 Å². The van der Waals surface area contributed by atoms with E-state index < -0.39 is 10.0 Å². The van der Waals surface area contributed by atoms with Crippen LogP contribution in [0.1, 0.15) is 16.8 Å². The fourth-order valence-electron chi connectivity index (χ4n) is 1.44. The number of hydrogen-bond acceptors (Lipinski definition) is 4. The first-order chi connectivity index (χ1) is 9.01. The van der Waals surface area contributed by atoms with Gasteiger partial charge in [0.2, 0.25) is 10.0 Å². The lowest BCUT2D eigenvalue weighted by Crippen LogP contribution is -2.26. The van der Waals surface area contributed by atoms with E-state index >= 15 is 0 Å². The molecule has 2 N–H and O–H groups in total. The average Bonchev–Trinajstić information content (AvgIpc) is 2.43. The zero-order chi connectivity index (χ0) is 14.3. The Bertz CT molecular complexity index is 528. The molecule has 0 aliphatic carbocycles. The van der Waals surface area contributed by atoms with Gasteiger partial charge in [0.1, 0.15) is 0 Å². The summed E-state index contributed by atoms with van der Waals surface area (Å²) >= 11 is 0. The normalized spacial score (nSPS) is 11.3. The number of carbonyl (C=O) groups excluding carboxylic acids is 1. The molecule has 0 aliphatic rings. The van der Waals surface area contributed by atoms with Crippen molar-refractivity contribution in [3.05, 3.63) is 29.8 Å². The second-order valence-electron chi connectivity index (χ2n) is 3.84. The topological polar surface area (TPSA) is 84.5 Å². The molecule has 19 heavy (non-hydrogen) atoms. The standard InChI is InChI=1S/C12H18N2O4S/c1-13-19(16,17)11-6-3-5-10(9-11)12(15)14-7-4-8-18-2/h3,5-6,9,13H,4,7-8H2,1-2H3,(H,14,15). The minimum Gasteiger partial charge on any atom is -0.385 e.